The summed E-state index contributed by atoms with van der Waals surface area (Å²) in [6.07, 6.45) is 2.18. The molecule has 0 fully saturated rings. The molecule has 0 heterocycles. The monoisotopic (exact) mass is 270 g/mol. The van der Waals surface area contributed by atoms with Gasteiger partial charge in [0.2, 0.25) is 0 Å². The minimum absolute atomic E-state index is 0.592. The van der Waals surface area contributed by atoms with Crippen LogP contribution < -0.4 is 10.4 Å². The second-order valence-corrected chi connectivity index (χ2v) is 4.76. The van der Waals surface area contributed by atoms with E-state index in [1.807, 2.05) is 30.3 Å². The highest BCUT2D eigenvalue weighted by Gasteiger charge is 2.06. The fourth-order valence-corrected chi connectivity index (χ4v) is 2.67. The van der Waals surface area contributed by atoms with E-state index in [1.165, 1.54) is 0 Å². The molecule has 0 aliphatic heterocycles. The SMILES string of the molecule is OC=c1c2ccccc2c(=CO)c2cc(Cl)ccc12. The summed E-state index contributed by atoms with van der Waals surface area (Å²) >= 11 is 6.03. The predicted octanol–water partition coefficient (Wildman–Crippen LogP) is 3.24. The van der Waals surface area contributed by atoms with Crippen molar-refractivity contribution in [2.45, 2.75) is 0 Å². The van der Waals surface area contributed by atoms with E-state index >= 15 is 0 Å². The maximum Gasteiger partial charge on any atom is 0.0876 e. The summed E-state index contributed by atoms with van der Waals surface area (Å²) in [4.78, 5) is 0. The Labute approximate surface area is 114 Å². The molecule has 0 bridgehead atoms. The lowest BCUT2D eigenvalue weighted by atomic mass is 9.99. The molecule has 0 amide bonds. The third-order valence-electron chi connectivity index (χ3n) is 3.33. The molecule has 0 aliphatic carbocycles. The molecule has 0 spiro atoms. The van der Waals surface area contributed by atoms with Gasteiger partial charge in [0.1, 0.15) is 0 Å². The fraction of sp³-hybridized carbons (Fsp3) is 0. The molecule has 2 N–H and O–H groups in total. The zero-order valence-corrected chi connectivity index (χ0v) is 10.7. The average molecular weight is 271 g/mol. The Bertz CT molecular complexity index is 898. The molecular formula is C16H11ClO2. The van der Waals surface area contributed by atoms with E-state index in [2.05, 4.69) is 0 Å². The number of benzene rings is 3. The minimum Gasteiger partial charge on any atom is -0.515 e. The van der Waals surface area contributed by atoms with Crippen molar-refractivity contribution < 1.29 is 10.2 Å². The van der Waals surface area contributed by atoms with Gasteiger partial charge in [-0.1, -0.05) is 41.9 Å². The first-order chi connectivity index (χ1) is 9.26. The maximum atomic E-state index is 9.55. The lowest BCUT2D eigenvalue weighted by molar-refractivity contribution is 0.540. The highest BCUT2D eigenvalue weighted by atomic mass is 35.5. The number of halogens is 1. The van der Waals surface area contributed by atoms with Crippen molar-refractivity contribution in [3.05, 3.63) is 57.9 Å². The van der Waals surface area contributed by atoms with Crippen molar-refractivity contribution >= 4 is 45.7 Å². The second-order valence-electron chi connectivity index (χ2n) is 4.32. The van der Waals surface area contributed by atoms with Crippen molar-refractivity contribution in [3.63, 3.8) is 0 Å². The van der Waals surface area contributed by atoms with Crippen LogP contribution in [0.3, 0.4) is 0 Å². The van der Waals surface area contributed by atoms with Crippen molar-refractivity contribution in [3.8, 4) is 0 Å². The molecule has 0 aromatic heterocycles. The molecule has 19 heavy (non-hydrogen) atoms. The molecule has 3 aromatic rings. The van der Waals surface area contributed by atoms with Crippen molar-refractivity contribution in [1.29, 1.82) is 0 Å². The van der Waals surface area contributed by atoms with Gasteiger partial charge in [-0.2, -0.15) is 0 Å². The van der Waals surface area contributed by atoms with Crippen LogP contribution >= 0.6 is 11.6 Å². The molecule has 2 nitrogen and oxygen atoms in total. The van der Waals surface area contributed by atoms with Crippen LogP contribution in [0.1, 0.15) is 0 Å². The molecule has 3 heteroatoms. The summed E-state index contributed by atoms with van der Waals surface area (Å²) in [7, 11) is 0. The van der Waals surface area contributed by atoms with E-state index in [0.29, 0.717) is 10.2 Å². The van der Waals surface area contributed by atoms with Crippen LogP contribution in [0, 0.1) is 0 Å². The topological polar surface area (TPSA) is 40.5 Å². The minimum atomic E-state index is 0.592. The van der Waals surface area contributed by atoms with Crippen LogP contribution in [0.2, 0.25) is 5.02 Å². The van der Waals surface area contributed by atoms with Gasteiger partial charge in [-0.25, -0.2) is 0 Å². The van der Waals surface area contributed by atoms with Gasteiger partial charge < -0.3 is 10.2 Å². The first kappa shape index (κ1) is 11.9. The first-order valence-electron chi connectivity index (χ1n) is 5.85. The van der Waals surface area contributed by atoms with Gasteiger partial charge >= 0.3 is 0 Å². The quantitative estimate of drug-likeness (QED) is 0.616. The van der Waals surface area contributed by atoms with Crippen LogP contribution in [-0.2, 0) is 0 Å². The van der Waals surface area contributed by atoms with Crippen LogP contribution in [0.4, 0.5) is 0 Å². The van der Waals surface area contributed by atoms with E-state index in [0.717, 1.165) is 39.3 Å². The fourth-order valence-electron chi connectivity index (χ4n) is 2.50. The lowest BCUT2D eigenvalue weighted by Crippen LogP contribution is -2.14. The molecule has 0 atom stereocenters. The van der Waals surface area contributed by atoms with Crippen molar-refractivity contribution in [2.24, 2.45) is 0 Å². The van der Waals surface area contributed by atoms with E-state index in [4.69, 9.17) is 11.6 Å². The molecule has 3 aromatic carbocycles. The largest absolute Gasteiger partial charge is 0.515 e. The zero-order chi connectivity index (χ0) is 13.4. The van der Waals surface area contributed by atoms with Gasteiger partial charge in [-0.3, -0.25) is 0 Å². The number of hydrogen-bond donors (Lipinski definition) is 2. The van der Waals surface area contributed by atoms with Gasteiger partial charge in [0, 0.05) is 15.5 Å². The van der Waals surface area contributed by atoms with Crippen LogP contribution in [-0.4, -0.2) is 10.2 Å². The Morgan fingerprint density at radius 1 is 0.737 bits per heavy atom. The van der Waals surface area contributed by atoms with Crippen molar-refractivity contribution in [1.82, 2.24) is 0 Å². The van der Waals surface area contributed by atoms with Crippen LogP contribution in [0.5, 0.6) is 0 Å². The molecule has 0 aliphatic rings. The Balaban J connectivity index is 2.79. The highest BCUT2D eigenvalue weighted by molar-refractivity contribution is 6.31. The van der Waals surface area contributed by atoms with E-state index in [1.54, 1.807) is 12.1 Å². The summed E-state index contributed by atoms with van der Waals surface area (Å²) in [6.45, 7) is 0. The summed E-state index contributed by atoms with van der Waals surface area (Å²) in [5.74, 6) is 0. The molecule has 94 valence electrons. The van der Waals surface area contributed by atoms with Gasteiger partial charge in [0.25, 0.3) is 0 Å². The standard InChI is InChI=1S/C16H11ClO2/c17-10-5-6-13-14(7-10)16(9-19)12-4-2-1-3-11(12)15(13)8-18/h1-9,18-19H. The summed E-state index contributed by atoms with van der Waals surface area (Å²) in [5.41, 5.74) is 0. The van der Waals surface area contributed by atoms with Gasteiger partial charge in [0.05, 0.1) is 12.5 Å². The third-order valence-corrected chi connectivity index (χ3v) is 3.56. The van der Waals surface area contributed by atoms with Gasteiger partial charge in [-0.15, -0.1) is 0 Å². The number of hydrogen-bond acceptors (Lipinski definition) is 2. The second kappa shape index (κ2) is 4.48. The summed E-state index contributed by atoms with van der Waals surface area (Å²) < 4.78 is 0. The molecule has 0 saturated carbocycles. The zero-order valence-electron chi connectivity index (χ0n) is 9.97. The molecular weight excluding hydrogens is 260 g/mol. The average Bonchev–Trinajstić information content (AvgIpc) is 2.44. The smallest absolute Gasteiger partial charge is 0.0876 e. The number of fused-ring (bicyclic) bond motifs is 2. The molecule has 0 radical (unpaired) electrons. The third kappa shape index (κ3) is 1.72. The Morgan fingerprint density at radius 3 is 1.84 bits per heavy atom. The molecule has 3 rings (SSSR count). The van der Waals surface area contributed by atoms with E-state index < -0.39 is 0 Å². The van der Waals surface area contributed by atoms with E-state index in [9.17, 15) is 10.2 Å². The van der Waals surface area contributed by atoms with Crippen molar-refractivity contribution in [2.75, 3.05) is 0 Å². The molecule has 0 saturated heterocycles. The highest BCUT2D eigenvalue weighted by Crippen LogP contribution is 2.17. The Morgan fingerprint density at radius 2 is 1.26 bits per heavy atom. The first-order valence-corrected chi connectivity index (χ1v) is 6.23. The van der Waals surface area contributed by atoms with Crippen LogP contribution in [0.25, 0.3) is 34.1 Å². The van der Waals surface area contributed by atoms with Gasteiger partial charge in [0.15, 0.2) is 0 Å². The summed E-state index contributed by atoms with van der Waals surface area (Å²) in [6, 6.07) is 13.0. The number of aliphatic hydroxyl groups excluding tert-OH is 2. The van der Waals surface area contributed by atoms with E-state index in [-0.39, 0.29) is 0 Å². The maximum absolute atomic E-state index is 9.55. The Kier molecular flexibility index (Phi) is 2.80. The lowest BCUT2D eigenvalue weighted by Gasteiger charge is -2.06. The van der Waals surface area contributed by atoms with Gasteiger partial charge in [-0.05, 0) is 33.7 Å². The number of aliphatic hydroxyl groups is 2. The number of rotatable bonds is 0. The normalized spacial score (nSPS) is 13.5. The molecule has 0 unspecified atom stereocenters. The summed E-state index contributed by atoms with van der Waals surface area (Å²) in [5, 5.41) is 24.5. The van der Waals surface area contributed by atoms with Crippen LogP contribution in [0.15, 0.2) is 42.5 Å². The predicted molar refractivity (Wildman–Crippen MR) is 79.9 cm³/mol. The Hall–Kier alpha value is -2.19.